The molecule has 8 nitrogen and oxygen atoms in total. The van der Waals surface area contributed by atoms with Gasteiger partial charge in [-0.05, 0) is 48.1 Å². The predicted molar refractivity (Wildman–Crippen MR) is 159 cm³/mol. The molecule has 1 aliphatic rings. The molecule has 2 N–H and O–H groups in total. The van der Waals surface area contributed by atoms with E-state index in [9.17, 15) is 18.0 Å². The molecule has 0 aromatic heterocycles. The van der Waals surface area contributed by atoms with Crippen molar-refractivity contribution in [3.8, 4) is 0 Å². The van der Waals surface area contributed by atoms with Crippen LogP contribution in [0.4, 0.5) is 0 Å². The van der Waals surface area contributed by atoms with E-state index in [4.69, 9.17) is 4.74 Å². The number of hydrogen-bond donors (Lipinski definition) is 2. The van der Waals surface area contributed by atoms with Crippen molar-refractivity contribution >= 4 is 21.8 Å². The summed E-state index contributed by atoms with van der Waals surface area (Å²) in [6, 6.07) is 25.2. The summed E-state index contributed by atoms with van der Waals surface area (Å²) in [6.07, 6.45) is 2.86. The fraction of sp³-hybridized carbons (Fsp3) is 0.375. The molecule has 0 saturated carbocycles. The second-order valence-electron chi connectivity index (χ2n) is 10.2. The van der Waals surface area contributed by atoms with Crippen LogP contribution in [0.5, 0.6) is 0 Å². The zero-order valence-electron chi connectivity index (χ0n) is 23.5. The maximum absolute atomic E-state index is 13.8. The number of carbonyl (C=O) groups is 2. The second-order valence-corrected chi connectivity index (χ2v) is 12.0. The van der Waals surface area contributed by atoms with Gasteiger partial charge in [-0.1, -0.05) is 79.7 Å². The topological polar surface area (TPSA) is 105 Å². The summed E-state index contributed by atoms with van der Waals surface area (Å²) >= 11 is 0. The molecule has 0 unspecified atom stereocenters. The fourth-order valence-electron chi connectivity index (χ4n) is 4.98. The Morgan fingerprint density at radius 3 is 2.20 bits per heavy atom. The van der Waals surface area contributed by atoms with Crippen molar-refractivity contribution in [1.29, 1.82) is 0 Å². The highest BCUT2D eigenvalue weighted by Crippen LogP contribution is 2.18. The number of benzene rings is 3. The summed E-state index contributed by atoms with van der Waals surface area (Å²) in [6.45, 7) is 3.45. The summed E-state index contributed by atoms with van der Waals surface area (Å²) in [5.74, 6) is -0.349. The standard InChI is InChI=1S/C32H39N3O5S/c1-2-34-41(38,39)29-18-15-25(16-19-29)17-20-31(36)35(24-27-12-7-4-8-13-27)30(22-26-10-5-3-6-11-26)32(37)33-23-28-14-9-21-40-28/h3-8,10-13,15-16,18-19,28,30,34H,2,9,14,17,20-24H2,1H3,(H,33,37)/t28-,30+/m1/s1. The lowest BCUT2D eigenvalue weighted by molar-refractivity contribution is -0.141. The van der Waals surface area contributed by atoms with Crippen LogP contribution in [0.1, 0.15) is 42.9 Å². The molecule has 0 radical (unpaired) electrons. The monoisotopic (exact) mass is 577 g/mol. The highest BCUT2D eigenvalue weighted by molar-refractivity contribution is 7.89. The summed E-state index contributed by atoms with van der Waals surface area (Å²) in [4.78, 5) is 29.4. The molecule has 0 aliphatic carbocycles. The summed E-state index contributed by atoms with van der Waals surface area (Å²) in [5.41, 5.74) is 2.74. The molecule has 3 aromatic rings. The number of rotatable bonds is 14. The van der Waals surface area contributed by atoms with Gasteiger partial charge in [0.05, 0.1) is 11.0 Å². The molecule has 1 saturated heterocycles. The van der Waals surface area contributed by atoms with Crippen LogP contribution in [0, 0.1) is 0 Å². The molecule has 1 fully saturated rings. The second kappa shape index (κ2) is 14.9. The zero-order valence-corrected chi connectivity index (χ0v) is 24.3. The number of nitrogens with zero attached hydrogens (tertiary/aromatic N) is 1. The van der Waals surface area contributed by atoms with Crippen molar-refractivity contribution in [2.24, 2.45) is 0 Å². The molecular formula is C32H39N3O5S. The fourth-order valence-corrected chi connectivity index (χ4v) is 6.02. The summed E-state index contributed by atoms with van der Waals surface area (Å²) in [5, 5.41) is 3.05. The van der Waals surface area contributed by atoms with Gasteiger partial charge in [0.2, 0.25) is 21.8 Å². The van der Waals surface area contributed by atoms with Crippen molar-refractivity contribution in [3.63, 3.8) is 0 Å². The van der Waals surface area contributed by atoms with Gasteiger partial charge < -0.3 is 15.0 Å². The van der Waals surface area contributed by atoms with Crippen molar-refractivity contribution in [1.82, 2.24) is 14.9 Å². The zero-order chi connectivity index (χ0) is 29.1. The molecule has 4 rings (SSSR count). The number of sulfonamides is 1. The first kappa shape index (κ1) is 30.4. The first-order chi connectivity index (χ1) is 19.9. The Morgan fingerprint density at radius 1 is 0.927 bits per heavy atom. The number of amides is 2. The van der Waals surface area contributed by atoms with E-state index in [0.717, 1.165) is 29.5 Å². The Kier molecular flexibility index (Phi) is 11.1. The molecule has 9 heteroatoms. The molecule has 1 heterocycles. The Balaban J connectivity index is 1.54. The van der Waals surface area contributed by atoms with Gasteiger partial charge in [-0.25, -0.2) is 13.1 Å². The van der Waals surface area contributed by atoms with Gasteiger partial charge >= 0.3 is 0 Å². The molecular weight excluding hydrogens is 538 g/mol. The van der Waals surface area contributed by atoms with Crippen molar-refractivity contribution in [2.45, 2.75) is 62.6 Å². The number of carbonyl (C=O) groups excluding carboxylic acids is 2. The highest BCUT2D eigenvalue weighted by Gasteiger charge is 2.31. The van der Waals surface area contributed by atoms with Crippen molar-refractivity contribution in [2.75, 3.05) is 19.7 Å². The average molecular weight is 578 g/mol. The molecule has 0 bridgehead atoms. The molecule has 2 amide bonds. The van der Waals surface area contributed by atoms with Crippen LogP contribution >= 0.6 is 0 Å². The van der Waals surface area contributed by atoms with Gasteiger partial charge in [-0.2, -0.15) is 0 Å². The third kappa shape index (κ3) is 8.98. The first-order valence-electron chi connectivity index (χ1n) is 14.2. The Labute approximate surface area is 243 Å². The van der Waals surface area contributed by atoms with E-state index in [0.29, 0.717) is 39.1 Å². The molecule has 41 heavy (non-hydrogen) atoms. The van der Waals surface area contributed by atoms with Crippen LogP contribution in [0.25, 0.3) is 0 Å². The third-order valence-corrected chi connectivity index (χ3v) is 8.75. The van der Waals surface area contributed by atoms with Crippen LogP contribution in [0.15, 0.2) is 89.8 Å². The Morgan fingerprint density at radius 2 is 1.59 bits per heavy atom. The van der Waals surface area contributed by atoms with Gasteiger partial charge in [0.1, 0.15) is 6.04 Å². The molecule has 0 spiro atoms. The predicted octanol–water partition coefficient (Wildman–Crippen LogP) is 3.85. The number of nitrogens with one attached hydrogen (secondary N) is 2. The van der Waals surface area contributed by atoms with Crippen LogP contribution in [-0.2, 0) is 43.7 Å². The highest BCUT2D eigenvalue weighted by atomic mass is 32.2. The lowest BCUT2D eigenvalue weighted by Crippen LogP contribution is -2.51. The lowest BCUT2D eigenvalue weighted by atomic mass is 10.0. The minimum absolute atomic E-state index is 0.00564. The van der Waals surface area contributed by atoms with E-state index in [1.54, 1.807) is 36.1 Å². The SMILES string of the molecule is CCNS(=O)(=O)c1ccc(CCC(=O)N(Cc2ccccc2)[C@@H](Cc2ccccc2)C(=O)NC[C@H]2CCCO2)cc1. The smallest absolute Gasteiger partial charge is 0.243 e. The van der Waals surface area contributed by atoms with Crippen LogP contribution in [0.3, 0.4) is 0 Å². The van der Waals surface area contributed by atoms with E-state index < -0.39 is 16.1 Å². The maximum atomic E-state index is 13.8. The van der Waals surface area contributed by atoms with Gasteiger partial charge in [0, 0.05) is 39.1 Å². The largest absolute Gasteiger partial charge is 0.376 e. The summed E-state index contributed by atoms with van der Waals surface area (Å²) in [7, 11) is -3.55. The van der Waals surface area contributed by atoms with Crippen LogP contribution in [0.2, 0.25) is 0 Å². The molecule has 3 aromatic carbocycles. The van der Waals surface area contributed by atoms with Gasteiger partial charge in [0.15, 0.2) is 0 Å². The van der Waals surface area contributed by atoms with Crippen LogP contribution in [-0.4, -0.2) is 57.0 Å². The molecule has 2 atom stereocenters. The van der Waals surface area contributed by atoms with Crippen molar-refractivity contribution < 1.29 is 22.7 Å². The number of aryl methyl sites for hydroxylation is 1. The third-order valence-electron chi connectivity index (χ3n) is 7.19. The van der Waals surface area contributed by atoms with E-state index >= 15 is 0 Å². The normalized spacial score (nSPS) is 15.8. The Hall–Kier alpha value is -3.53. The molecule has 218 valence electrons. The van der Waals surface area contributed by atoms with E-state index in [-0.39, 0.29) is 29.2 Å². The lowest BCUT2D eigenvalue weighted by Gasteiger charge is -2.32. The number of hydrogen-bond acceptors (Lipinski definition) is 5. The number of ether oxygens (including phenoxy) is 1. The van der Waals surface area contributed by atoms with E-state index in [1.807, 2.05) is 60.7 Å². The first-order valence-corrected chi connectivity index (χ1v) is 15.7. The van der Waals surface area contributed by atoms with Gasteiger partial charge in [-0.15, -0.1) is 0 Å². The maximum Gasteiger partial charge on any atom is 0.243 e. The van der Waals surface area contributed by atoms with Crippen molar-refractivity contribution in [3.05, 3.63) is 102 Å². The average Bonchev–Trinajstić information content (AvgIpc) is 3.51. The van der Waals surface area contributed by atoms with Gasteiger partial charge in [0.25, 0.3) is 0 Å². The minimum Gasteiger partial charge on any atom is -0.376 e. The Bertz CT molecular complexity index is 1360. The van der Waals surface area contributed by atoms with E-state index in [1.165, 1.54) is 0 Å². The van der Waals surface area contributed by atoms with Crippen LogP contribution < -0.4 is 10.0 Å². The van der Waals surface area contributed by atoms with Gasteiger partial charge in [-0.3, -0.25) is 9.59 Å². The quantitative estimate of drug-likeness (QED) is 0.303. The summed E-state index contributed by atoms with van der Waals surface area (Å²) < 4.78 is 32.7. The van der Waals surface area contributed by atoms with E-state index in [2.05, 4.69) is 10.0 Å². The minimum atomic E-state index is -3.55. The molecule has 1 aliphatic heterocycles.